The number of aromatic nitrogens is 3. The number of amides is 4. The summed E-state index contributed by atoms with van der Waals surface area (Å²) in [5, 5.41) is 38.3. The first-order chi connectivity index (χ1) is 39.1. The number of carbonyl (C=O) groups excluding carboxylic acids is 7. The lowest BCUT2D eigenvalue weighted by atomic mass is 9.73. The summed E-state index contributed by atoms with van der Waals surface area (Å²) in [6, 6.07) is 9.89. The third-order valence-corrected chi connectivity index (χ3v) is 17.1. The Labute approximate surface area is 489 Å². The summed E-state index contributed by atoms with van der Waals surface area (Å²) >= 11 is 1.51. The van der Waals surface area contributed by atoms with E-state index in [2.05, 4.69) is 26.3 Å². The number of aromatic hydroxyl groups is 1. The van der Waals surface area contributed by atoms with Gasteiger partial charge in [0.15, 0.2) is 17.7 Å². The molecule has 6 rings (SSSR count). The molecule has 2 aromatic carbocycles. The number of hydrogen-bond acceptors (Lipinski definition) is 18. The maximum absolute atomic E-state index is 17.1. The minimum absolute atomic E-state index is 0.0257. The third-order valence-electron chi connectivity index (χ3n) is 16.5. The molecular formula is C59H85FN8O14S. The predicted octanol–water partition coefficient (Wildman–Crippen LogP) is 5.65. The maximum atomic E-state index is 17.1. The van der Waals surface area contributed by atoms with E-state index in [0.717, 1.165) is 6.92 Å². The van der Waals surface area contributed by atoms with Crippen LogP contribution in [0.15, 0.2) is 54.7 Å². The first-order valence-electron chi connectivity index (χ1n) is 28.4. The van der Waals surface area contributed by atoms with Crippen LogP contribution in [0.4, 0.5) is 14.9 Å². The third kappa shape index (κ3) is 15.6. The summed E-state index contributed by atoms with van der Waals surface area (Å²) in [4.78, 5) is 100. The number of benzene rings is 2. The van der Waals surface area contributed by atoms with E-state index < -0.39 is 119 Å². The molecule has 1 aromatic heterocycles. The van der Waals surface area contributed by atoms with Gasteiger partial charge in [-0.2, -0.15) is 11.8 Å². The number of nitrogens with zero attached hydrogens (tertiary/aromatic N) is 5. The highest BCUT2D eigenvalue weighted by Gasteiger charge is 2.62. The summed E-state index contributed by atoms with van der Waals surface area (Å²) in [6.45, 7) is 14.1. The highest BCUT2D eigenvalue weighted by atomic mass is 32.2. The van der Waals surface area contributed by atoms with Crippen molar-refractivity contribution in [1.29, 1.82) is 0 Å². The number of Topliss-reactive ketones (excluding diaryl/α,β-unsaturated/α-hetero) is 2. The number of fused-ring (bicyclic) bond motifs is 1. The molecule has 4 heterocycles. The monoisotopic (exact) mass is 1180 g/mol. The number of rotatable bonds is 21. The molecule has 0 spiro atoms. The van der Waals surface area contributed by atoms with Crippen LogP contribution < -0.4 is 16.0 Å². The summed E-state index contributed by atoms with van der Waals surface area (Å²) in [5.74, 6) is -6.96. The SMILES string of the molecule is CC[C@H]1OC(=O)[C@@](C)(F)C(=O)[C@H](C)[C@@H](O[C@@H]2O[C@H](C)C[C@H](N(C)C)[C@H]2O)[C@](C)(OC)C[C@@H](C)C(=O)[C@H](C)[C@H]2N(CCCCn3cc(-c4cccc(NC(=O)[C@H](CCSC)NC(=O)[C@H](Cc5ccc(O)cc5)NC(C)=O)c4)nn3)C(=O)O[C@]12C. The Balaban J connectivity index is 1.16. The number of ketones is 2. The normalized spacial score (nSPS) is 30.6. The Morgan fingerprint density at radius 2 is 1.65 bits per heavy atom. The van der Waals surface area contributed by atoms with Crippen molar-refractivity contribution in [2.75, 3.05) is 45.1 Å². The number of anilines is 1. The summed E-state index contributed by atoms with van der Waals surface area (Å²) < 4.78 is 49.5. The molecule has 3 fully saturated rings. The minimum atomic E-state index is -3.24. The van der Waals surface area contributed by atoms with Crippen LogP contribution in [0, 0.1) is 17.8 Å². The maximum Gasteiger partial charge on any atom is 0.410 e. The number of carbonyl (C=O) groups is 7. The molecular weight excluding hydrogens is 1100 g/mol. The number of thioether (sulfide) groups is 1. The van der Waals surface area contributed by atoms with E-state index >= 15 is 4.39 Å². The van der Waals surface area contributed by atoms with E-state index in [1.54, 1.807) is 96.0 Å². The van der Waals surface area contributed by atoms with Gasteiger partial charge in [-0.25, -0.2) is 14.0 Å². The number of halogens is 1. The zero-order valence-corrected chi connectivity index (χ0v) is 50.8. The lowest BCUT2D eigenvalue weighted by molar-refractivity contribution is -0.295. The van der Waals surface area contributed by atoms with Crippen molar-refractivity contribution >= 4 is 58.8 Å². The van der Waals surface area contributed by atoms with Crippen molar-refractivity contribution in [2.45, 2.75) is 186 Å². The molecule has 0 bridgehead atoms. The van der Waals surface area contributed by atoms with Gasteiger partial charge < -0.3 is 59.6 Å². The lowest BCUT2D eigenvalue weighted by Crippen LogP contribution is -2.61. The first kappa shape index (κ1) is 66.1. The highest BCUT2D eigenvalue weighted by Crippen LogP contribution is 2.44. The van der Waals surface area contributed by atoms with Gasteiger partial charge in [0, 0.05) is 68.6 Å². The van der Waals surface area contributed by atoms with Crippen molar-refractivity contribution < 1.29 is 71.8 Å². The van der Waals surface area contributed by atoms with Gasteiger partial charge in [0.2, 0.25) is 17.7 Å². The van der Waals surface area contributed by atoms with Gasteiger partial charge in [0.05, 0.1) is 30.0 Å². The van der Waals surface area contributed by atoms with Gasteiger partial charge >= 0.3 is 12.1 Å². The molecule has 15 atom stereocenters. The number of phenols is 1. The number of aliphatic hydroxyl groups is 1. The molecule has 22 nitrogen and oxygen atoms in total. The largest absolute Gasteiger partial charge is 0.508 e. The number of unbranched alkanes of at least 4 members (excludes halogenated alkanes) is 1. The molecule has 0 saturated carbocycles. The topological polar surface area (TPSA) is 279 Å². The molecule has 0 radical (unpaired) electrons. The van der Waals surface area contributed by atoms with Crippen LogP contribution in [-0.4, -0.2) is 188 Å². The van der Waals surface area contributed by atoms with Crippen molar-refractivity contribution in [2.24, 2.45) is 17.8 Å². The van der Waals surface area contributed by atoms with E-state index in [9.17, 15) is 43.8 Å². The van der Waals surface area contributed by atoms with Crippen LogP contribution in [0.2, 0.25) is 0 Å². The van der Waals surface area contributed by atoms with E-state index in [4.69, 9.17) is 23.7 Å². The molecule has 0 aliphatic carbocycles. The fourth-order valence-corrected chi connectivity index (χ4v) is 12.4. The number of aliphatic hydroxyl groups excluding tert-OH is 1. The molecule has 4 amide bonds. The fraction of sp³-hybridized carbons (Fsp3) is 0.644. The molecule has 83 heavy (non-hydrogen) atoms. The Hall–Kier alpha value is -6.05. The van der Waals surface area contributed by atoms with Gasteiger partial charge in [0.25, 0.3) is 5.67 Å². The predicted molar refractivity (Wildman–Crippen MR) is 308 cm³/mol. The van der Waals surface area contributed by atoms with E-state index in [1.807, 2.05) is 18.1 Å². The first-order valence-corrected chi connectivity index (χ1v) is 29.8. The number of hydrogen-bond donors (Lipinski definition) is 5. The molecule has 3 aliphatic heterocycles. The van der Waals surface area contributed by atoms with Crippen LogP contribution in [0.3, 0.4) is 0 Å². The van der Waals surface area contributed by atoms with Gasteiger partial charge in [0.1, 0.15) is 41.5 Å². The second-order valence-corrected chi connectivity index (χ2v) is 24.2. The minimum Gasteiger partial charge on any atom is -0.508 e. The molecule has 3 saturated heterocycles. The van der Waals surface area contributed by atoms with E-state index in [1.165, 1.54) is 49.8 Å². The second-order valence-electron chi connectivity index (χ2n) is 23.2. The second kappa shape index (κ2) is 28.2. The van der Waals surface area contributed by atoms with Gasteiger partial charge in [-0.3, -0.25) is 28.7 Å². The van der Waals surface area contributed by atoms with Crippen LogP contribution in [0.25, 0.3) is 11.3 Å². The number of likely N-dealkylation sites (N-methyl/N-ethyl adjacent to an activating group) is 1. The van der Waals surface area contributed by atoms with Crippen LogP contribution in [0.5, 0.6) is 5.75 Å². The molecule has 3 aliphatic rings. The van der Waals surface area contributed by atoms with Crippen LogP contribution in [-0.2, 0) is 65.4 Å². The highest BCUT2D eigenvalue weighted by molar-refractivity contribution is 7.98. The average Bonchev–Trinajstić information content (AvgIpc) is 2.34. The van der Waals surface area contributed by atoms with Crippen molar-refractivity contribution in [1.82, 2.24) is 35.4 Å². The summed E-state index contributed by atoms with van der Waals surface area (Å²) in [6.07, 6.45) is -0.943. The summed E-state index contributed by atoms with van der Waals surface area (Å²) in [5.41, 5.74) is -4.17. The summed E-state index contributed by atoms with van der Waals surface area (Å²) in [7, 11) is 4.99. The van der Waals surface area contributed by atoms with Gasteiger partial charge in [-0.1, -0.05) is 57.2 Å². The Kier molecular flexibility index (Phi) is 22.5. The number of methoxy groups -OCH3 is 1. The Morgan fingerprint density at radius 1 is 0.964 bits per heavy atom. The van der Waals surface area contributed by atoms with Crippen molar-refractivity contribution in [3.63, 3.8) is 0 Å². The van der Waals surface area contributed by atoms with Gasteiger partial charge in [-0.05, 0) is 122 Å². The van der Waals surface area contributed by atoms with E-state index in [0.29, 0.717) is 60.5 Å². The quantitative estimate of drug-likeness (QED) is 0.0489. The Morgan fingerprint density at radius 3 is 2.29 bits per heavy atom. The zero-order valence-electron chi connectivity index (χ0n) is 50.0. The van der Waals surface area contributed by atoms with Crippen LogP contribution >= 0.6 is 11.8 Å². The smallest absolute Gasteiger partial charge is 0.410 e. The zero-order chi connectivity index (χ0) is 61.3. The fourth-order valence-electron chi connectivity index (χ4n) is 11.9. The number of phenolic OH excluding ortho intramolecular Hbond substituents is 1. The number of alkyl halides is 1. The molecule has 3 aromatic rings. The molecule has 0 unspecified atom stereocenters. The molecule has 458 valence electrons. The lowest BCUT2D eigenvalue weighted by Gasteiger charge is -2.47. The standard InChI is InChI=1S/C59H85FN8O14S/c1-14-46-59(9)49(35(4)47(71)33(2)31-57(7,78-12)51(36(5)50(73)58(8,60)55(76)80-46)81-54-48(72)45(66(10)11)28-34(3)79-54)68(56(77)82-59)26-16-15-25-67-32-44(64-65-67)39-18-17-19-40(30-39)62-52(74)42(24-27-83-13)63-53(75)43(61-37(6)69)29-38-20-22-41(70)23-21-38/h17-23,30,32-36,42-43,45-46,48-49,51,54,70,72H,14-16,24-29,31H2,1-13H3,(H,61,69)(H,62,74)(H,63,75)/t33-,34-,35+,36+,42+,43+,45+,46-,48-,49-,51-,54+,57-,58+,59-/m1/s1. The number of aryl methyl sites for hydroxylation is 1. The molecule has 24 heteroatoms. The van der Waals surface area contributed by atoms with Crippen molar-refractivity contribution in [3.8, 4) is 17.0 Å². The Bertz CT molecular complexity index is 2770. The number of ether oxygens (including phenoxy) is 5. The van der Waals surface area contributed by atoms with E-state index in [-0.39, 0.29) is 43.4 Å². The number of nitrogens with one attached hydrogen (secondary N) is 3. The molecule has 5 N–H and O–H groups in total. The van der Waals surface area contributed by atoms with Gasteiger partial charge in [-0.15, -0.1) is 5.10 Å². The van der Waals surface area contributed by atoms with Crippen molar-refractivity contribution in [3.05, 3.63) is 60.3 Å². The number of cyclic esters (lactones) is 1. The van der Waals surface area contributed by atoms with Crippen LogP contribution in [0.1, 0.15) is 106 Å². The number of esters is 1. The average molecular weight is 1180 g/mol.